The number of rotatable bonds is 8. The van der Waals surface area contributed by atoms with Crippen molar-refractivity contribution in [3.8, 4) is 6.19 Å². The lowest BCUT2D eigenvalue weighted by molar-refractivity contribution is -0.129. The molecule has 1 aromatic heterocycles. The first-order valence-electron chi connectivity index (χ1n) is 9.83. The fourth-order valence-corrected chi connectivity index (χ4v) is 2.80. The predicted molar refractivity (Wildman–Crippen MR) is 116 cm³/mol. The van der Waals surface area contributed by atoms with Gasteiger partial charge in [-0.3, -0.25) is 19.5 Å². The largest absolute Gasteiger partial charge is 0.340 e. The second-order valence-corrected chi connectivity index (χ2v) is 7.36. The van der Waals surface area contributed by atoms with Crippen LogP contribution < -0.4 is 16.0 Å². The molecular formula is C22H26N6O3. The van der Waals surface area contributed by atoms with Crippen LogP contribution in [-0.4, -0.2) is 40.8 Å². The van der Waals surface area contributed by atoms with Gasteiger partial charge in [-0.15, -0.1) is 0 Å². The van der Waals surface area contributed by atoms with Crippen LogP contribution in [0.1, 0.15) is 36.3 Å². The second kappa shape index (κ2) is 11.3. The molecule has 4 amide bonds. The number of nitrogens with zero attached hydrogens (tertiary/aromatic N) is 3. The molecule has 0 aliphatic heterocycles. The molecule has 2 aromatic rings. The van der Waals surface area contributed by atoms with Crippen molar-refractivity contribution in [3.63, 3.8) is 0 Å². The molecule has 31 heavy (non-hydrogen) atoms. The number of hydrogen-bond acceptors (Lipinski definition) is 5. The van der Waals surface area contributed by atoms with E-state index in [0.717, 1.165) is 4.90 Å². The molecule has 1 aromatic carbocycles. The third kappa shape index (κ3) is 7.44. The first-order chi connectivity index (χ1) is 14.8. The molecule has 1 heterocycles. The molecule has 0 bridgehead atoms. The molecule has 0 saturated carbocycles. The van der Waals surface area contributed by atoms with Crippen LogP contribution in [0.4, 0.5) is 10.5 Å². The number of anilines is 1. The average Bonchev–Trinajstić information content (AvgIpc) is 2.76. The Balaban J connectivity index is 2.01. The van der Waals surface area contributed by atoms with Crippen LogP contribution in [0, 0.1) is 17.4 Å². The van der Waals surface area contributed by atoms with Crippen molar-refractivity contribution in [2.45, 2.75) is 32.9 Å². The number of nitrogens with one attached hydrogen (secondary N) is 3. The van der Waals surface area contributed by atoms with E-state index in [4.69, 9.17) is 5.26 Å². The zero-order valence-corrected chi connectivity index (χ0v) is 17.8. The van der Waals surface area contributed by atoms with Gasteiger partial charge in [-0.25, -0.2) is 4.79 Å². The zero-order chi connectivity index (χ0) is 22.8. The minimum absolute atomic E-state index is 0.136. The summed E-state index contributed by atoms with van der Waals surface area (Å²) in [6.07, 6.45) is 3.79. The Morgan fingerprint density at radius 1 is 1.16 bits per heavy atom. The van der Waals surface area contributed by atoms with E-state index in [0.29, 0.717) is 17.8 Å². The first kappa shape index (κ1) is 23.3. The van der Waals surface area contributed by atoms with E-state index in [2.05, 4.69) is 20.9 Å². The summed E-state index contributed by atoms with van der Waals surface area (Å²) in [4.78, 5) is 42.3. The van der Waals surface area contributed by atoms with Gasteiger partial charge in [0, 0.05) is 24.5 Å². The highest BCUT2D eigenvalue weighted by molar-refractivity contribution is 5.99. The summed E-state index contributed by atoms with van der Waals surface area (Å²) in [5.41, 5.74) is 1.42. The SMILES string of the molecule is CC(C)CC(NC(=O)c1cccc(NC(=O)NCc2ccccn2)c1)C(=O)N(C)C#N. The van der Waals surface area contributed by atoms with Gasteiger partial charge in [-0.1, -0.05) is 26.0 Å². The van der Waals surface area contributed by atoms with Crippen LogP contribution >= 0.6 is 0 Å². The van der Waals surface area contributed by atoms with Crippen molar-refractivity contribution in [3.05, 3.63) is 59.9 Å². The lowest BCUT2D eigenvalue weighted by Gasteiger charge is -2.21. The number of aromatic nitrogens is 1. The number of urea groups is 1. The number of pyridine rings is 1. The summed E-state index contributed by atoms with van der Waals surface area (Å²) in [6, 6.07) is 10.5. The molecule has 0 spiro atoms. The van der Waals surface area contributed by atoms with Gasteiger partial charge in [-0.05, 0) is 42.7 Å². The molecule has 0 fully saturated rings. The number of nitriles is 1. The van der Waals surface area contributed by atoms with E-state index < -0.39 is 23.9 Å². The van der Waals surface area contributed by atoms with Crippen molar-refractivity contribution < 1.29 is 14.4 Å². The second-order valence-electron chi connectivity index (χ2n) is 7.36. The number of benzene rings is 1. The van der Waals surface area contributed by atoms with Gasteiger partial charge in [0.2, 0.25) is 0 Å². The quantitative estimate of drug-likeness (QED) is 0.445. The fraction of sp³-hybridized carbons (Fsp3) is 0.318. The Hall–Kier alpha value is -3.93. The molecule has 2 rings (SSSR count). The van der Waals surface area contributed by atoms with E-state index in [1.54, 1.807) is 42.7 Å². The van der Waals surface area contributed by atoms with Crippen LogP contribution in [0.25, 0.3) is 0 Å². The summed E-state index contributed by atoms with van der Waals surface area (Å²) in [5.74, 6) is -0.812. The predicted octanol–water partition coefficient (Wildman–Crippen LogP) is 2.49. The van der Waals surface area contributed by atoms with E-state index >= 15 is 0 Å². The number of likely N-dealkylation sites (N-methyl/N-ethyl adjacent to an activating group) is 1. The third-order valence-electron chi connectivity index (χ3n) is 4.33. The highest BCUT2D eigenvalue weighted by Gasteiger charge is 2.25. The molecule has 9 heteroatoms. The Morgan fingerprint density at radius 3 is 2.58 bits per heavy atom. The lowest BCUT2D eigenvalue weighted by Crippen LogP contribution is -2.46. The molecule has 1 atom stereocenters. The summed E-state index contributed by atoms with van der Waals surface area (Å²) in [7, 11) is 1.36. The zero-order valence-electron chi connectivity index (χ0n) is 17.8. The Labute approximate surface area is 181 Å². The normalized spacial score (nSPS) is 11.2. The van der Waals surface area contributed by atoms with Gasteiger partial charge >= 0.3 is 6.03 Å². The molecule has 1 unspecified atom stereocenters. The fourth-order valence-electron chi connectivity index (χ4n) is 2.80. The number of hydrogen-bond donors (Lipinski definition) is 3. The highest BCUT2D eigenvalue weighted by Crippen LogP contribution is 2.13. The first-order valence-corrected chi connectivity index (χ1v) is 9.83. The van der Waals surface area contributed by atoms with Crippen molar-refractivity contribution in [1.29, 1.82) is 5.26 Å². The van der Waals surface area contributed by atoms with E-state index in [1.165, 1.54) is 13.1 Å². The van der Waals surface area contributed by atoms with Gasteiger partial charge in [0.25, 0.3) is 11.8 Å². The summed E-state index contributed by atoms with van der Waals surface area (Å²) < 4.78 is 0. The maximum atomic E-state index is 12.7. The Bertz CT molecular complexity index is 955. The molecule has 0 saturated heterocycles. The summed E-state index contributed by atoms with van der Waals surface area (Å²) in [6.45, 7) is 4.11. The molecular weight excluding hydrogens is 396 g/mol. The van der Waals surface area contributed by atoms with Gasteiger partial charge in [-0.2, -0.15) is 5.26 Å². The Kier molecular flexibility index (Phi) is 8.52. The van der Waals surface area contributed by atoms with Gasteiger partial charge in [0.1, 0.15) is 6.04 Å². The summed E-state index contributed by atoms with van der Waals surface area (Å²) >= 11 is 0. The van der Waals surface area contributed by atoms with Crippen LogP contribution in [-0.2, 0) is 11.3 Å². The molecule has 0 aliphatic carbocycles. The average molecular weight is 422 g/mol. The third-order valence-corrected chi connectivity index (χ3v) is 4.33. The molecule has 3 N–H and O–H groups in total. The van der Waals surface area contributed by atoms with Crippen molar-refractivity contribution >= 4 is 23.5 Å². The van der Waals surface area contributed by atoms with Gasteiger partial charge in [0.05, 0.1) is 12.2 Å². The number of carbonyl (C=O) groups is 3. The van der Waals surface area contributed by atoms with E-state index in [-0.39, 0.29) is 18.0 Å². The van der Waals surface area contributed by atoms with Gasteiger partial charge < -0.3 is 16.0 Å². The molecule has 0 aliphatic rings. The molecule has 0 radical (unpaired) electrons. The van der Waals surface area contributed by atoms with Crippen LogP contribution in [0.15, 0.2) is 48.7 Å². The van der Waals surface area contributed by atoms with E-state index in [1.807, 2.05) is 19.9 Å². The minimum atomic E-state index is -0.824. The van der Waals surface area contributed by atoms with Crippen molar-refractivity contribution in [2.75, 3.05) is 12.4 Å². The maximum absolute atomic E-state index is 12.7. The van der Waals surface area contributed by atoms with Crippen molar-refractivity contribution in [1.82, 2.24) is 20.5 Å². The minimum Gasteiger partial charge on any atom is -0.340 e. The van der Waals surface area contributed by atoms with Crippen molar-refractivity contribution in [2.24, 2.45) is 5.92 Å². The standard InChI is InChI=1S/C22H26N6O3/c1-15(2)11-19(21(30)28(3)14-23)27-20(29)16-7-6-9-17(12-16)26-22(31)25-13-18-8-4-5-10-24-18/h4-10,12,15,19H,11,13H2,1-3H3,(H,27,29)(H2,25,26,31). The summed E-state index contributed by atoms with van der Waals surface area (Å²) in [5, 5.41) is 17.0. The number of carbonyl (C=O) groups excluding carboxylic acids is 3. The van der Waals surface area contributed by atoms with Crippen LogP contribution in [0.5, 0.6) is 0 Å². The molecule has 9 nitrogen and oxygen atoms in total. The highest BCUT2D eigenvalue weighted by atomic mass is 16.2. The smallest absolute Gasteiger partial charge is 0.319 e. The topological polar surface area (TPSA) is 127 Å². The monoisotopic (exact) mass is 422 g/mol. The Morgan fingerprint density at radius 2 is 1.94 bits per heavy atom. The van der Waals surface area contributed by atoms with Gasteiger partial charge in [0.15, 0.2) is 6.19 Å². The van der Waals surface area contributed by atoms with Crippen LogP contribution in [0.3, 0.4) is 0 Å². The van der Waals surface area contributed by atoms with Crippen LogP contribution in [0.2, 0.25) is 0 Å². The molecule has 162 valence electrons. The number of amides is 4. The lowest BCUT2D eigenvalue weighted by atomic mass is 10.0. The maximum Gasteiger partial charge on any atom is 0.319 e. The van der Waals surface area contributed by atoms with E-state index in [9.17, 15) is 14.4 Å².